The second-order valence-electron chi connectivity index (χ2n) is 4.54. The summed E-state index contributed by atoms with van der Waals surface area (Å²) in [6.45, 7) is 21.7. The minimum absolute atomic E-state index is 0.988. The average Bonchev–Trinajstić information content (AvgIpc) is 2.62. The zero-order chi connectivity index (χ0) is 19.4. The minimum Gasteiger partial charge on any atom is -0.401 e. The van der Waals surface area contributed by atoms with E-state index in [1.54, 1.807) is 0 Å². The van der Waals surface area contributed by atoms with Gasteiger partial charge in [0.25, 0.3) is 0 Å². The van der Waals surface area contributed by atoms with Gasteiger partial charge in [0.15, 0.2) is 0 Å². The molecule has 146 valence electrons. The SMILES string of the molecule is CC.CC.CC.CCC.CCCCCCN/C=C(\N)CCCC. The van der Waals surface area contributed by atoms with Gasteiger partial charge in [0.2, 0.25) is 0 Å². The smallest absolute Gasteiger partial charge is 0.0240 e. The summed E-state index contributed by atoms with van der Waals surface area (Å²) in [4.78, 5) is 0. The van der Waals surface area contributed by atoms with Crippen LogP contribution in [0.15, 0.2) is 11.9 Å². The van der Waals surface area contributed by atoms with Crippen LogP contribution in [-0.4, -0.2) is 6.54 Å². The van der Waals surface area contributed by atoms with E-state index in [1.165, 1.54) is 44.9 Å². The summed E-state index contributed by atoms with van der Waals surface area (Å²) in [5.41, 5.74) is 6.79. The Bertz CT molecular complexity index is 154. The van der Waals surface area contributed by atoms with Crippen LogP contribution in [0, 0.1) is 0 Å². The summed E-state index contributed by atoms with van der Waals surface area (Å²) >= 11 is 0. The van der Waals surface area contributed by atoms with Crippen LogP contribution in [0.3, 0.4) is 0 Å². The predicted octanol–water partition coefficient (Wildman–Crippen LogP) is 7.64. The molecule has 0 fully saturated rings. The fraction of sp³-hybridized carbons (Fsp3) is 0.905. The Kier molecular flexibility index (Phi) is 73.0. The van der Waals surface area contributed by atoms with Crippen molar-refractivity contribution >= 4 is 0 Å². The van der Waals surface area contributed by atoms with Crippen LogP contribution in [0.4, 0.5) is 0 Å². The monoisotopic (exact) mass is 332 g/mol. The van der Waals surface area contributed by atoms with Gasteiger partial charge in [-0.1, -0.05) is 101 Å². The highest BCUT2D eigenvalue weighted by molar-refractivity contribution is 4.94. The zero-order valence-corrected chi connectivity index (χ0v) is 18.5. The van der Waals surface area contributed by atoms with Crippen molar-refractivity contribution in [3.8, 4) is 0 Å². The van der Waals surface area contributed by atoms with Crippen LogP contribution < -0.4 is 11.1 Å². The first-order valence-corrected chi connectivity index (χ1v) is 10.4. The molecule has 0 radical (unpaired) electrons. The van der Waals surface area contributed by atoms with E-state index in [2.05, 4.69) is 33.0 Å². The molecule has 0 aliphatic heterocycles. The van der Waals surface area contributed by atoms with Crippen molar-refractivity contribution in [2.24, 2.45) is 5.73 Å². The van der Waals surface area contributed by atoms with E-state index in [0.29, 0.717) is 0 Å². The molecular weight excluding hydrogens is 280 g/mol. The lowest BCUT2D eigenvalue weighted by atomic mass is 10.2. The fourth-order valence-electron chi connectivity index (χ4n) is 1.31. The molecule has 0 bridgehead atoms. The van der Waals surface area contributed by atoms with Gasteiger partial charge in [-0.25, -0.2) is 0 Å². The Morgan fingerprint density at radius 2 is 1.17 bits per heavy atom. The van der Waals surface area contributed by atoms with Gasteiger partial charge in [-0.05, 0) is 19.3 Å². The fourth-order valence-corrected chi connectivity index (χ4v) is 1.31. The standard InChI is InChI=1S/C12H26N2.C3H8.3C2H6/c1-3-5-7-8-10-14-11-12(13)9-6-4-2;1-3-2;3*1-2/h11,14H,3-10,13H2,1-2H3;3H2,1-2H3;3*1-2H3/b12-11-;;;;. The number of allylic oxidation sites excluding steroid dienone is 1. The van der Waals surface area contributed by atoms with Crippen molar-refractivity contribution in [1.82, 2.24) is 5.32 Å². The highest BCUT2D eigenvalue weighted by Crippen LogP contribution is 2.00. The Hall–Kier alpha value is -0.660. The maximum Gasteiger partial charge on any atom is 0.0240 e. The summed E-state index contributed by atoms with van der Waals surface area (Å²) in [5.74, 6) is 0. The summed E-state index contributed by atoms with van der Waals surface area (Å²) < 4.78 is 0. The average molecular weight is 333 g/mol. The quantitative estimate of drug-likeness (QED) is 0.426. The number of rotatable bonds is 9. The molecule has 2 heteroatoms. The highest BCUT2D eigenvalue weighted by atomic mass is 14.8. The molecule has 0 aromatic carbocycles. The zero-order valence-electron chi connectivity index (χ0n) is 18.5. The molecule has 0 spiro atoms. The third kappa shape index (κ3) is 62.1. The van der Waals surface area contributed by atoms with E-state index in [4.69, 9.17) is 5.73 Å². The van der Waals surface area contributed by atoms with Gasteiger partial charge in [-0.2, -0.15) is 0 Å². The molecule has 0 heterocycles. The van der Waals surface area contributed by atoms with Crippen molar-refractivity contribution in [3.63, 3.8) is 0 Å². The predicted molar refractivity (Wildman–Crippen MR) is 114 cm³/mol. The maximum atomic E-state index is 5.80. The van der Waals surface area contributed by atoms with Gasteiger partial charge in [-0.15, -0.1) is 0 Å². The number of hydrogen-bond donors (Lipinski definition) is 2. The molecule has 0 rings (SSSR count). The van der Waals surface area contributed by atoms with E-state index in [9.17, 15) is 0 Å². The van der Waals surface area contributed by atoms with Crippen LogP contribution >= 0.6 is 0 Å². The van der Waals surface area contributed by atoms with Crippen molar-refractivity contribution in [2.75, 3.05) is 6.54 Å². The lowest BCUT2D eigenvalue weighted by molar-refractivity contribution is 0.642. The minimum atomic E-state index is 0.988. The van der Waals surface area contributed by atoms with Crippen LogP contribution in [0.5, 0.6) is 0 Å². The van der Waals surface area contributed by atoms with Crippen molar-refractivity contribution in [1.29, 1.82) is 0 Å². The molecule has 0 aromatic heterocycles. The number of nitrogens with one attached hydrogen (secondary N) is 1. The molecule has 23 heavy (non-hydrogen) atoms. The number of nitrogens with two attached hydrogens (primary N) is 1. The lowest BCUT2D eigenvalue weighted by Crippen LogP contribution is -2.11. The van der Waals surface area contributed by atoms with Gasteiger partial charge in [0.05, 0.1) is 0 Å². The highest BCUT2D eigenvalue weighted by Gasteiger charge is 1.89. The third-order valence-corrected chi connectivity index (χ3v) is 2.28. The summed E-state index contributed by atoms with van der Waals surface area (Å²) in [5, 5.41) is 3.27. The molecule has 0 aliphatic carbocycles. The Morgan fingerprint density at radius 1 is 0.739 bits per heavy atom. The van der Waals surface area contributed by atoms with E-state index >= 15 is 0 Å². The second-order valence-corrected chi connectivity index (χ2v) is 4.54. The van der Waals surface area contributed by atoms with Gasteiger partial charge >= 0.3 is 0 Å². The molecular formula is C21H52N2. The normalized spacial score (nSPS) is 8.70. The van der Waals surface area contributed by atoms with E-state index in [1.807, 2.05) is 47.7 Å². The van der Waals surface area contributed by atoms with E-state index in [-0.39, 0.29) is 0 Å². The molecule has 3 N–H and O–H groups in total. The molecule has 0 saturated heterocycles. The van der Waals surface area contributed by atoms with Crippen molar-refractivity contribution in [3.05, 3.63) is 11.9 Å². The van der Waals surface area contributed by atoms with Crippen LogP contribution in [0.1, 0.15) is 121 Å². The van der Waals surface area contributed by atoms with E-state index in [0.717, 1.165) is 18.7 Å². The Morgan fingerprint density at radius 3 is 1.57 bits per heavy atom. The number of unbranched alkanes of at least 4 members (excludes halogenated alkanes) is 4. The molecule has 0 aliphatic rings. The molecule has 2 nitrogen and oxygen atoms in total. The molecule has 0 unspecified atom stereocenters. The second kappa shape index (κ2) is 49.6. The summed E-state index contributed by atoms with van der Waals surface area (Å²) in [6.07, 6.45) is 11.9. The number of hydrogen-bond acceptors (Lipinski definition) is 2. The van der Waals surface area contributed by atoms with Gasteiger partial charge in [0.1, 0.15) is 0 Å². The molecule has 0 saturated carbocycles. The third-order valence-electron chi connectivity index (χ3n) is 2.28. The van der Waals surface area contributed by atoms with Crippen LogP contribution in [-0.2, 0) is 0 Å². The topological polar surface area (TPSA) is 38.0 Å². The van der Waals surface area contributed by atoms with Gasteiger partial charge < -0.3 is 11.1 Å². The lowest BCUT2D eigenvalue weighted by Gasteiger charge is -2.03. The Balaban J connectivity index is -0.000000101. The van der Waals surface area contributed by atoms with Gasteiger partial charge in [0, 0.05) is 18.4 Å². The van der Waals surface area contributed by atoms with Crippen LogP contribution in [0.25, 0.3) is 0 Å². The largest absolute Gasteiger partial charge is 0.401 e. The summed E-state index contributed by atoms with van der Waals surface area (Å²) in [7, 11) is 0. The Labute approximate surface area is 150 Å². The van der Waals surface area contributed by atoms with Crippen molar-refractivity contribution < 1.29 is 0 Å². The first kappa shape index (κ1) is 33.8. The first-order valence-electron chi connectivity index (χ1n) is 10.4. The first-order chi connectivity index (χ1) is 11.2. The van der Waals surface area contributed by atoms with Crippen molar-refractivity contribution in [2.45, 2.75) is 121 Å². The summed E-state index contributed by atoms with van der Waals surface area (Å²) in [6, 6.07) is 0. The molecule has 0 amide bonds. The van der Waals surface area contributed by atoms with Gasteiger partial charge in [-0.3, -0.25) is 0 Å². The van der Waals surface area contributed by atoms with E-state index < -0.39 is 0 Å². The maximum absolute atomic E-state index is 5.80. The molecule has 0 atom stereocenters. The van der Waals surface area contributed by atoms with Crippen LogP contribution in [0.2, 0.25) is 0 Å². The molecule has 0 aromatic rings.